The number of likely N-dealkylation sites (N-methyl/N-ethyl adjacent to an activating group) is 1. The fraction of sp³-hybridized carbons (Fsp3) is 0.647. The van der Waals surface area contributed by atoms with Crippen molar-refractivity contribution < 1.29 is 37.3 Å². The number of benzene rings is 1. The minimum atomic E-state index is -4.13. The highest BCUT2D eigenvalue weighted by atomic mass is 16.5. The monoisotopic (exact) mass is 297 g/mol. The number of nitrogens with zero attached hydrogens (tertiary/aromatic N) is 1. The van der Waals surface area contributed by atoms with Crippen molar-refractivity contribution in [2.24, 2.45) is 0 Å². The Kier molecular flexibility index (Phi) is 1.26. The molecule has 1 fully saturated rings. The standard InChI is InChI=1S/C17H27NO2/c1-18(2)13-16(17(19)11-5-4-6-12-17)14-7-9-15(20-3)10-8-14/h7-10,16,19H,4-6,11-13H2,1-3H3/i1D3,3D3,4D2,5D2,6D2,7D,8D,9D,10D,11D2,12D2. The van der Waals surface area contributed by atoms with Crippen LogP contribution in [-0.4, -0.2) is 43.2 Å². The van der Waals surface area contributed by atoms with E-state index in [9.17, 15) is 5.11 Å². The van der Waals surface area contributed by atoms with E-state index in [-0.39, 0.29) is 0 Å². The van der Waals surface area contributed by atoms with Gasteiger partial charge in [-0.25, -0.2) is 0 Å². The number of hydrogen-bond donors (Lipinski definition) is 1. The van der Waals surface area contributed by atoms with Gasteiger partial charge in [0.25, 0.3) is 0 Å². The Morgan fingerprint density at radius 2 is 2.10 bits per heavy atom. The van der Waals surface area contributed by atoms with E-state index in [0.29, 0.717) is 4.90 Å². The lowest BCUT2D eigenvalue weighted by Gasteiger charge is -2.40. The molecule has 0 aliphatic heterocycles. The largest absolute Gasteiger partial charge is 0.497 e. The Labute approximate surface area is 150 Å². The molecule has 3 heteroatoms. The Morgan fingerprint density at radius 1 is 1.40 bits per heavy atom. The van der Waals surface area contributed by atoms with Crippen molar-refractivity contribution in [2.75, 3.05) is 27.6 Å². The third kappa shape index (κ3) is 3.53. The topological polar surface area (TPSA) is 32.7 Å². The summed E-state index contributed by atoms with van der Waals surface area (Å²) in [4.78, 5) is 0.398. The minimum Gasteiger partial charge on any atom is -0.497 e. The van der Waals surface area contributed by atoms with Gasteiger partial charge in [-0.3, -0.25) is 0 Å². The van der Waals surface area contributed by atoms with Crippen LogP contribution in [0, 0.1) is 0 Å². The molecule has 0 bridgehead atoms. The first kappa shape index (κ1) is 3.82. The van der Waals surface area contributed by atoms with Crippen LogP contribution >= 0.6 is 0 Å². The molecule has 2 rings (SSSR count). The Morgan fingerprint density at radius 3 is 2.70 bits per heavy atom. The van der Waals surface area contributed by atoms with Crippen LogP contribution in [0.2, 0.25) is 0 Å². The van der Waals surface area contributed by atoms with Crippen molar-refractivity contribution in [3.8, 4) is 5.75 Å². The summed E-state index contributed by atoms with van der Waals surface area (Å²) in [7, 11) is -2.41. The summed E-state index contributed by atoms with van der Waals surface area (Å²) >= 11 is 0. The van der Waals surface area contributed by atoms with Gasteiger partial charge < -0.3 is 14.7 Å². The molecule has 1 unspecified atom stereocenters. The van der Waals surface area contributed by atoms with E-state index in [1.165, 1.54) is 0 Å². The summed E-state index contributed by atoms with van der Waals surface area (Å²) in [5, 5.41) is 11.9. The highest BCUT2D eigenvalue weighted by Gasteiger charge is 2.38. The summed E-state index contributed by atoms with van der Waals surface area (Å²) < 4.78 is 165. The molecule has 1 aromatic carbocycles. The number of ether oxygens (including phenoxy) is 1. The van der Waals surface area contributed by atoms with Crippen LogP contribution < -0.4 is 4.74 Å². The van der Waals surface area contributed by atoms with Crippen LogP contribution in [0.1, 0.15) is 70.8 Å². The second-order valence-electron chi connectivity index (χ2n) is 4.17. The summed E-state index contributed by atoms with van der Waals surface area (Å²) in [6, 6.07) is -4.93. The van der Waals surface area contributed by atoms with E-state index in [1.54, 1.807) is 0 Å². The lowest BCUT2D eigenvalue weighted by atomic mass is 9.72. The molecule has 1 aliphatic rings. The molecule has 0 saturated heterocycles. The third-order valence-electron chi connectivity index (χ3n) is 2.66. The third-order valence-corrected chi connectivity index (χ3v) is 2.66. The van der Waals surface area contributed by atoms with Gasteiger partial charge in [0, 0.05) is 30.3 Å². The van der Waals surface area contributed by atoms with E-state index in [2.05, 4.69) is 4.74 Å². The van der Waals surface area contributed by atoms with Crippen LogP contribution in [0.25, 0.3) is 0 Å². The molecule has 1 aromatic rings. The summed E-state index contributed by atoms with van der Waals surface area (Å²) in [5.41, 5.74) is -5.23. The van der Waals surface area contributed by atoms with E-state index < -0.39 is 99.4 Å². The average molecular weight is 298 g/mol. The number of aliphatic hydroxyl groups is 1. The lowest BCUT2D eigenvalue weighted by molar-refractivity contribution is -0.0277. The SMILES string of the molecule is [2H]c1c([2H])c(C(CN(C)C([2H])([2H])[2H])C2(O)C([2H])([2H])C([2H])([2H])C([2H])([2H])C([2H])([2H])C2([2H])[2H])c([2H])c([2H])c1OC([2H])([2H])[2H]. The quantitative estimate of drug-likeness (QED) is 0.907. The first-order valence-electron chi connectivity index (χ1n) is 15.6. The number of rotatable bonds is 5. The minimum absolute atomic E-state index is 0.398. The lowest BCUT2D eigenvalue weighted by Crippen LogP contribution is -2.42. The molecular weight excluding hydrogens is 250 g/mol. The van der Waals surface area contributed by atoms with Crippen molar-refractivity contribution in [3.05, 3.63) is 29.7 Å². The van der Waals surface area contributed by atoms with Crippen LogP contribution in [0.3, 0.4) is 0 Å². The van der Waals surface area contributed by atoms with E-state index in [0.717, 1.165) is 7.05 Å². The van der Waals surface area contributed by atoms with E-state index in [1.807, 2.05) is 0 Å². The normalized spacial score (nSPS) is 48.4. The highest BCUT2D eigenvalue weighted by Crippen LogP contribution is 2.40. The van der Waals surface area contributed by atoms with Gasteiger partial charge in [0.2, 0.25) is 0 Å². The molecule has 1 aliphatic carbocycles. The zero-order valence-electron chi connectivity index (χ0n) is 30.6. The van der Waals surface area contributed by atoms with Gasteiger partial charge in [0.05, 0.1) is 22.2 Å². The first-order valence-corrected chi connectivity index (χ1v) is 5.60. The molecule has 1 atom stereocenters. The van der Waals surface area contributed by atoms with Gasteiger partial charge in [0.15, 0.2) is 0 Å². The summed E-state index contributed by atoms with van der Waals surface area (Å²) in [5.74, 6) is -3.75. The second kappa shape index (κ2) is 6.59. The molecule has 20 heavy (non-hydrogen) atoms. The van der Waals surface area contributed by atoms with Gasteiger partial charge in [0.1, 0.15) is 5.75 Å². The predicted octanol–water partition coefficient (Wildman–Crippen LogP) is 3.04. The fourth-order valence-electron chi connectivity index (χ4n) is 1.73. The van der Waals surface area contributed by atoms with Gasteiger partial charge in [-0.2, -0.15) is 0 Å². The molecular formula is C17H27NO2. The van der Waals surface area contributed by atoms with Crippen molar-refractivity contribution in [2.45, 2.75) is 43.4 Å². The van der Waals surface area contributed by atoms with Gasteiger partial charge >= 0.3 is 0 Å². The van der Waals surface area contributed by atoms with Crippen LogP contribution in [0.15, 0.2) is 24.2 Å². The molecule has 0 amide bonds. The molecule has 0 aromatic heterocycles. The second-order valence-corrected chi connectivity index (χ2v) is 4.17. The van der Waals surface area contributed by atoms with Crippen LogP contribution in [0.5, 0.6) is 5.75 Å². The Bertz CT molecular complexity index is 1100. The maximum atomic E-state index is 11.9. The molecule has 0 spiro atoms. The Balaban J connectivity index is 3.15. The average Bonchev–Trinajstić information content (AvgIpc) is 2.76. The van der Waals surface area contributed by atoms with E-state index in [4.69, 9.17) is 27.4 Å². The Hall–Kier alpha value is -1.06. The summed E-state index contributed by atoms with van der Waals surface area (Å²) in [6.45, 7) is -4.34. The molecule has 3 nitrogen and oxygen atoms in total. The van der Waals surface area contributed by atoms with Gasteiger partial charge in [-0.15, -0.1) is 0 Å². The highest BCUT2D eigenvalue weighted by molar-refractivity contribution is 5.31. The molecule has 112 valence electrons. The zero-order chi connectivity index (χ0) is 32.0. The molecule has 0 heterocycles. The van der Waals surface area contributed by atoms with Gasteiger partial charge in [-0.1, -0.05) is 31.2 Å². The van der Waals surface area contributed by atoms with Crippen LogP contribution in [-0.2, 0) is 0 Å². The molecule has 1 saturated carbocycles. The zero-order valence-corrected chi connectivity index (χ0v) is 10.6. The number of methoxy groups -OCH3 is 1. The van der Waals surface area contributed by atoms with Crippen molar-refractivity contribution >= 4 is 0 Å². The first-order chi connectivity index (χ1) is 17.4. The van der Waals surface area contributed by atoms with Gasteiger partial charge in [-0.05, 0) is 44.4 Å². The summed E-state index contributed by atoms with van der Waals surface area (Å²) in [6.07, 6.45) is -20.3. The van der Waals surface area contributed by atoms with Crippen molar-refractivity contribution in [3.63, 3.8) is 0 Å². The maximum Gasteiger partial charge on any atom is 0.118 e. The number of hydrogen-bond acceptors (Lipinski definition) is 3. The van der Waals surface area contributed by atoms with Crippen molar-refractivity contribution in [1.82, 2.24) is 4.90 Å². The van der Waals surface area contributed by atoms with Crippen LogP contribution in [0.4, 0.5) is 0 Å². The predicted molar refractivity (Wildman–Crippen MR) is 82.3 cm³/mol. The fourth-order valence-corrected chi connectivity index (χ4v) is 1.73. The van der Waals surface area contributed by atoms with Crippen molar-refractivity contribution in [1.29, 1.82) is 0 Å². The molecule has 1 N–H and O–H groups in total. The maximum absolute atomic E-state index is 11.9. The van der Waals surface area contributed by atoms with E-state index >= 15 is 0 Å². The smallest absolute Gasteiger partial charge is 0.118 e. The molecule has 0 radical (unpaired) electrons.